The molecule has 4 heteroatoms. The number of rotatable bonds is 1. The van der Waals surface area contributed by atoms with Crippen molar-refractivity contribution in [1.82, 2.24) is 9.38 Å². The number of halogens is 1. The van der Waals surface area contributed by atoms with Crippen LogP contribution < -0.4 is 5.73 Å². The summed E-state index contributed by atoms with van der Waals surface area (Å²) in [5, 5.41) is 0. The Morgan fingerprint density at radius 2 is 1.83 bits per heavy atom. The predicted octanol–water partition coefficient (Wildman–Crippen LogP) is 3.03. The zero-order valence-electron chi connectivity index (χ0n) is 9.89. The van der Waals surface area contributed by atoms with Crippen LogP contribution in [0, 0.1) is 12.7 Å². The third-order valence-corrected chi connectivity index (χ3v) is 2.99. The first-order chi connectivity index (χ1) is 8.65. The van der Waals surface area contributed by atoms with Gasteiger partial charge in [0.1, 0.15) is 5.82 Å². The van der Waals surface area contributed by atoms with Crippen molar-refractivity contribution in [2.75, 3.05) is 5.73 Å². The van der Waals surface area contributed by atoms with E-state index in [4.69, 9.17) is 5.73 Å². The molecule has 0 saturated carbocycles. The van der Waals surface area contributed by atoms with Crippen LogP contribution in [0.15, 0.2) is 42.6 Å². The van der Waals surface area contributed by atoms with E-state index < -0.39 is 0 Å². The molecule has 0 aliphatic rings. The minimum Gasteiger partial charge on any atom is -0.396 e. The zero-order valence-corrected chi connectivity index (χ0v) is 9.89. The number of aryl methyl sites for hydroxylation is 1. The summed E-state index contributed by atoms with van der Waals surface area (Å²) in [4.78, 5) is 4.49. The first-order valence-corrected chi connectivity index (χ1v) is 5.65. The maximum Gasteiger partial charge on any atom is 0.160 e. The number of nitrogens with two attached hydrogens (primary N) is 1. The van der Waals surface area contributed by atoms with Gasteiger partial charge in [0.2, 0.25) is 0 Å². The van der Waals surface area contributed by atoms with Gasteiger partial charge in [0.05, 0.1) is 11.4 Å². The lowest BCUT2D eigenvalue weighted by Crippen LogP contribution is -1.94. The topological polar surface area (TPSA) is 43.3 Å². The molecule has 0 bridgehead atoms. The van der Waals surface area contributed by atoms with Crippen LogP contribution in [0.5, 0.6) is 0 Å². The molecule has 0 aliphatic heterocycles. The van der Waals surface area contributed by atoms with E-state index in [0.29, 0.717) is 5.69 Å². The van der Waals surface area contributed by atoms with Gasteiger partial charge in [-0.2, -0.15) is 0 Å². The Bertz CT molecular complexity index is 675. The predicted molar refractivity (Wildman–Crippen MR) is 69.7 cm³/mol. The van der Waals surface area contributed by atoms with Crippen LogP contribution in [0.25, 0.3) is 16.9 Å². The zero-order chi connectivity index (χ0) is 12.7. The Morgan fingerprint density at radius 1 is 1.11 bits per heavy atom. The molecule has 0 radical (unpaired) electrons. The molecular formula is C14H12FN3. The second-order valence-electron chi connectivity index (χ2n) is 4.26. The number of hydrogen-bond acceptors (Lipinski definition) is 2. The van der Waals surface area contributed by atoms with E-state index in [9.17, 15) is 4.39 Å². The number of aromatic nitrogens is 2. The van der Waals surface area contributed by atoms with E-state index in [1.165, 1.54) is 12.1 Å². The van der Waals surface area contributed by atoms with Crippen LogP contribution in [0.4, 0.5) is 10.1 Å². The second-order valence-corrected chi connectivity index (χ2v) is 4.26. The van der Waals surface area contributed by atoms with E-state index in [-0.39, 0.29) is 5.82 Å². The second kappa shape index (κ2) is 3.84. The van der Waals surface area contributed by atoms with Crippen LogP contribution in [0.2, 0.25) is 0 Å². The molecule has 3 rings (SSSR count). The molecule has 18 heavy (non-hydrogen) atoms. The third-order valence-electron chi connectivity index (χ3n) is 2.99. The first-order valence-electron chi connectivity index (χ1n) is 5.65. The Balaban J connectivity index is 2.22. The van der Waals surface area contributed by atoms with Gasteiger partial charge in [0.15, 0.2) is 5.65 Å². The van der Waals surface area contributed by atoms with Gasteiger partial charge in [-0.15, -0.1) is 0 Å². The highest BCUT2D eigenvalue weighted by molar-refractivity contribution is 5.71. The molecule has 0 fully saturated rings. The lowest BCUT2D eigenvalue weighted by atomic mass is 10.2. The molecule has 3 aromatic rings. The van der Waals surface area contributed by atoms with Crippen molar-refractivity contribution in [1.29, 1.82) is 0 Å². The van der Waals surface area contributed by atoms with Crippen molar-refractivity contribution in [2.24, 2.45) is 0 Å². The summed E-state index contributed by atoms with van der Waals surface area (Å²) in [6, 6.07) is 10.1. The van der Waals surface area contributed by atoms with E-state index in [2.05, 4.69) is 4.98 Å². The SMILES string of the molecule is Cc1ccc(N)c2nc(-c3ccc(F)cc3)cn12. The molecule has 1 aromatic carbocycles. The van der Waals surface area contributed by atoms with Crippen molar-refractivity contribution in [3.8, 4) is 11.3 Å². The van der Waals surface area contributed by atoms with Gasteiger partial charge in [-0.25, -0.2) is 9.37 Å². The van der Waals surface area contributed by atoms with Crippen molar-refractivity contribution in [3.63, 3.8) is 0 Å². The van der Waals surface area contributed by atoms with Crippen molar-refractivity contribution in [2.45, 2.75) is 6.92 Å². The van der Waals surface area contributed by atoms with Gasteiger partial charge in [-0.3, -0.25) is 0 Å². The fourth-order valence-electron chi connectivity index (χ4n) is 1.98. The lowest BCUT2D eigenvalue weighted by molar-refractivity contribution is 0.628. The molecule has 0 spiro atoms. The van der Waals surface area contributed by atoms with Crippen molar-refractivity contribution >= 4 is 11.3 Å². The summed E-state index contributed by atoms with van der Waals surface area (Å²) >= 11 is 0. The minimum absolute atomic E-state index is 0.252. The Hall–Kier alpha value is -2.36. The smallest absolute Gasteiger partial charge is 0.160 e. The Kier molecular flexibility index (Phi) is 2.30. The third kappa shape index (κ3) is 1.62. The van der Waals surface area contributed by atoms with Gasteiger partial charge in [0, 0.05) is 17.5 Å². The minimum atomic E-state index is -0.252. The molecule has 0 amide bonds. The van der Waals surface area contributed by atoms with E-state index in [0.717, 1.165) is 22.6 Å². The van der Waals surface area contributed by atoms with E-state index >= 15 is 0 Å². The van der Waals surface area contributed by atoms with E-state index in [1.54, 1.807) is 12.1 Å². The van der Waals surface area contributed by atoms with Crippen LogP contribution in [0.1, 0.15) is 5.69 Å². The molecule has 2 aromatic heterocycles. The maximum atomic E-state index is 12.9. The molecular weight excluding hydrogens is 229 g/mol. The van der Waals surface area contributed by atoms with Crippen LogP contribution in [-0.4, -0.2) is 9.38 Å². The summed E-state index contributed by atoms with van der Waals surface area (Å²) in [7, 11) is 0. The summed E-state index contributed by atoms with van der Waals surface area (Å²) in [6.07, 6.45) is 1.91. The molecule has 90 valence electrons. The molecule has 0 saturated heterocycles. The van der Waals surface area contributed by atoms with Gasteiger partial charge >= 0.3 is 0 Å². The van der Waals surface area contributed by atoms with E-state index in [1.807, 2.05) is 29.7 Å². The highest BCUT2D eigenvalue weighted by Crippen LogP contribution is 2.23. The molecule has 0 atom stereocenters. The number of fused-ring (bicyclic) bond motifs is 1. The quantitative estimate of drug-likeness (QED) is 0.711. The largest absolute Gasteiger partial charge is 0.396 e. The number of hydrogen-bond donors (Lipinski definition) is 1. The Morgan fingerprint density at radius 3 is 2.50 bits per heavy atom. The summed E-state index contributed by atoms with van der Waals surface area (Å²) in [6.45, 7) is 1.99. The lowest BCUT2D eigenvalue weighted by Gasteiger charge is -2.00. The number of imidazole rings is 1. The highest BCUT2D eigenvalue weighted by atomic mass is 19.1. The normalized spacial score (nSPS) is 11.0. The number of anilines is 1. The van der Waals surface area contributed by atoms with Crippen LogP contribution in [-0.2, 0) is 0 Å². The number of nitrogen functional groups attached to an aromatic ring is 1. The molecule has 0 unspecified atom stereocenters. The summed E-state index contributed by atoms with van der Waals surface area (Å²) in [5.41, 5.74) is 9.98. The van der Waals surface area contributed by atoms with Crippen LogP contribution in [0.3, 0.4) is 0 Å². The van der Waals surface area contributed by atoms with Gasteiger partial charge in [-0.1, -0.05) is 0 Å². The summed E-state index contributed by atoms with van der Waals surface area (Å²) < 4.78 is 14.8. The highest BCUT2D eigenvalue weighted by Gasteiger charge is 2.08. The fourth-order valence-corrected chi connectivity index (χ4v) is 1.98. The van der Waals surface area contributed by atoms with Crippen LogP contribution >= 0.6 is 0 Å². The van der Waals surface area contributed by atoms with Crippen molar-refractivity contribution < 1.29 is 4.39 Å². The Labute approximate surface area is 104 Å². The number of benzene rings is 1. The molecule has 2 heterocycles. The number of pyridine rings is 1. The molecule has 3 nitrogen and oxygen atoms in total. The fraction of sp³-hybridized carbons (Fsp3) is 0.0714. The first kappa shape index (κ1) is 10.8. The molecule has 2 N–H and O–H groups in total. The maximum absolute atomic E-state index is 12.9. The van der Waals surface area contributed by atoms with Gasteiger partial charge in [-0.05, 0) is 43.3 Å². The average molecular weight is 241 g/mol. The standard InChI is InChI=1S/C14H12FN3/c1-9-2-7-12(16)14-17-13(8-18(9)14)10-3-5-11(15)6-4-10/h2-8H,16H2,1H3. The number of nitrogens with zero attached hydrogens (tertiary/aromatic N) is 2. The summed E-state index contributed by atoms with van der Waals surface area (Å²) in [5.74, 6) is -0.252. The monoisotopic (exact) mass is 241 g/mol. The average Bonchev–Trinajstić information content (AvgIpc) is 2.81. The van der Waals surface area contributed by atoms with Gasteiger partial charge < -0.3 is 10.1 Å². The van der Waals surface area contributed by atoms with Crippen molar-refractivity contribution in [3.05, 3.63) is 54.1 Å². The molecule has 0 aliphatic carbocycles. The van der Waals surface area contributed by atoms with Gasteiger partial charge in [0.25, 0.3) is 0 Å².